The summed E-state index contributed by atoms with van der Waals surface area (Å²) in [6, 6.07) is 5.17. The highest BCUT2D eigenvalue weighted by Crippen LogP contribution is 2.22. The van der Waals surface area contributed by atoms with E-state index < -0.39 is 0 Å². The second-order valence-electron chi connectivity index (χ2n) is 4.79. The van der Waals surface area contributed by atoms with E-state index >= 15 is 0 Å². The van der Waals surface area contributed by atoms with Crippen molar-refractivity contribution in [1.82, 2.24) is 15.3 Å². The number of aromatic nitrogens is 2. The molecule has 1 atom stereocenters. The Bertz CT molecular complexity index is 620. The molecule has 4 nitrogen and oxygen atoms in total. The average molecular weight is 324 g/mol. The first kappa shape index (κ1) is 15.7. The van der Waals surface area contributed by atoms with E-state index in [0.29, 0.717) is 16.5 Å². The molecule has 0 aliphatic heterocycles. The van der Waals surface area contributed by atoms with E-state index in [0.717, 1.165) is 11.3 Å². The largest absolute Gasteiger partial charge is 0.353 e. The fraction of sp³-hybridized carbons (Fsp3) is 0.267. The normalized spacial score (nSPS) is 12.0. The summed E-state index contributed by atoms with van der Waals surface area (Å²) in [5, 5.41) is 3.86. The van der Waals surface area contributed by atoms with Crippen molar-refractivity contribution in [1.29, 1.82) is 0 Å². The van der Waals surface area contributed by atoms with Gasteiger partial charge in [-0.2, -0.15) is 0 Å². The van der Waals surface area contributed by atoms with Gasteiger partial charge in [0.15, 0.2) is 0 Å². The van der Waals surface area contributed by atoms with Crippen LogP contribution in [0.15, 0.2) is 36.8 Å². The molecule has 0 radical (unpaired) electrons. The van der Waals surface area contributed by atoms with Gasteiger partial charge >= 0.3 is 0 Å². The first-order chi connectivity index (χ1) is 10.0. The molecular formula is C15H15Cl2N3O. The summed E-state index contributed by atoms with van der Waals surface area (Å²) in [5.41, 5.74) is 1.67. The minimum Gasteiger partial charge on any atom is -0.353 e. The Hall–Kier alpha value is -1.65. The summed E-state index contributed by atoms with van der Waals surface area (Å²) >= 11 is 11.8. The lowest BCUT2D eigenvalue weighted by molar-refractivity contribution is -0.121. The Morgan fingerprint density at radius 3 is 2.76 bits per heavy atom. The van der Waals surface area contributed by atoms with Gasteiger partial charge in [0.05, 0.1) is 22.2 Å². The molecule has 0 fully saturated rings. The van der Waals surface area contributed by atoms with Crippen LogP contribution in [0.1, 0.15) is 18.2 Å². The maximum atomic E-state index is 12.0. The van der Waals surface area contributed by atoms with Gasteiger partial charge in [-0.1, -0.05) is 29.3 Å². The molecule has 1 N–H and O–H groups in total. The second-order valence-corrected chi connectivity index (χ2v) is 5.61. The first-order valence-corrected chi connectivity index (χ1v) is 7.28. The Kier molecular flexibility index (Phi) is 5.53. The third kappa shape index (κ3) is 4.99. The molecule has 0 unspecified atom stereocenters. The predicted molar refractivity (Wildman–Crippen MR) is 83.5 cm³/mol. The third-order valence-electron chi connectivity index (χ3n) is 2.89. The molecule has 0 saturated carbocycles. The molecule has 1 aromatic carbocycles. The standard InChI is InChI=1S/C15H15Cl2N3O/c1-10(6-12-9-18-4-5-19-12)20-15(21)8-11-2-3-13(16)14(17)7-11/h2-5,7,9-10H,6,8H2,1H3,(H,20,21)/t10-/m0/s1. The van der Waals surface area contributed by atoms with E-state index in [-0.39, 0.29) is 18.4 Å². The molecule has 1 aromatic heterocycles. The molecule has 1 amide bonds. The maximum absolute atomic E-state index is 12.0. The molecule has 1 heterocycles. The minimum atomic E-state index is -0.0650. The van der Waals surface area contributed by atoms with Crippen molar-refractivity contribution < 1.29 is 4.79 Å². The number of rotatable bonds is 5. The van der Waals surface area contributed by atoms with Crippen LogP contribution in [0.2, 0.25) is 10.0 Å². The highest BCUT2D eigenvalue weighted by atomic mass is 35.5. The third-order valence-corrected chi connectivity index (χ3v) is 3.63. The van der Waals surface area contributed by atoms with Crippen molar-refractivity contribution >= 4 is 29.1 Å². The zero-order valence-corrected chi connectivity index (χ0v) is 13.0. The van der Waals surface area contributed by atoms with E-state index in [1.165, 1.54) is 0 Å². The van der Waals surface area contributed by atoms with Crippen LogP contribution in [-0.2, 0) is 17.6 Å². The van der Waals surface area contributed by atoms with E-state index in [2.05, 4.69) is 15.3 Å². The summed E-state index contributed by atoms with van der Waals surface area (Å²) in [6.45, 7) is 1.93. The van der Waals surface area contributed by atoms with E-state index in [1.54, 1.807) is 36.8 Å². The minimum absolute atomic E-state index is 0.0167. The topological polar surface area (TPSA) is 54.9 Å². The second kappa shape index (κ2) is 7.38. The molecule has 0 aliphatic rings. The number of amides is 1. The number of halogens is 2. The zero-order chi connectivity index (χ0) is 15.2. The molecule has 0 aliphatic carbocycles. The van der Waals surface area contributed by atoms with Gasteiger partial charge in [0.25, 0.3) is 0 Å². The average Bonchev–Trinajstić information content (AvgIpc) is 2.43. The Balaban J connectivity index is 1.87. The van der Waals surface area contributed by atoms with Gasteiger partial charge in [0.2, 0.25) is 5.91 Å². The lowest BCUT2D eigenvalue weighted by Gasteiger charge is -2.13. The molecule has 0 saturated heterocycles. The van der Waals surface area contributed by atoms with Crippen LogP contribution in [-0.4, -0.2) is 21.9 Å². The Morgan fingerprint density at radius 2 is 2.10 bits per heavy atom. The van der Waals surface area contributed by atoms with Gasteiger partial charge in [-0.05, 0) is 24.6 Å². The lowest BCUT2D eigenvalue weighted by Crippen LogP contribution is -2.35. The number of hydrogen-bond donors (Lipinski definition) is 1. The van der Waals surface area contributed by atoms with Crippen molar-refractivity contribution in [3.05, 3.63) is 58.1 Å². The summed E-state index contributed by atoms with van der Waals surface area (Å²) in [6.07, 6.45) is 5.86. The van der Waals surface area contributed by atoms with Gasteiger partial charge in [-0.15, -0.1) is 0 Å². The number of benzene rings is 1. The summed E-state index contributed by atoms with van der Waals surface area (Å²) in [4.78, 5) is 20.2. The number of carbonyl (C=O) groups is 1. The van der Waals surface area contributed by atoms with Crippen molar-refractivity contribution in [3.8, 4) is 0 Å². The van der Waals surface area contributed by atoms with E-state index in [9.17, 15) is 4.79 Å². The predicted octanol–water partition coefficient (Wildman–Crippen LogP) is 3.07. The van der Waals surface area contributed by atoms with Gasteiger partial charge in [0, 0.05) is 31.1 Å². The van der Waals surface area contributed by atoms with E-state index in [4.69, 9.17) is 23.2 Å². The lowest BCUT2D eigenvalue weighted by atomic mass is 10.1. The van der Waals surface area contributed by atoms with Crippen LogP contribution in [0.4, 0.5) is 0 Å². The number of nitrogens with one attached hydrogen (secondary N) is 1. The van der Waals surface area contributed by atoms with Crippen LogP contribution in [0.3, 0.4) is 0 Å². The van der Waals surface area contributed by atoms with Crippen LogP contribution in [0.25, 0.3) is 0 Å². The van der Waals surface area contributed by atoms with E-state index in [1.807, 2.05) is 6.92 Å². The summed E-state index contributed by atoms with van der Waals surface area (Å²) in [5.74, 6) is -0.0650. The monoisotopic (exact) mass is 323 g/mol. The molecule has 2 aromatic rings. The van der Waals surface area contributed by atoms with Crippen molar-refractivity contribution in [2.24, 2.45) is 0 Å². The number of hydrogen-bond acceptors (Lipinski definition) is 3. The van der Waals surface area contributed by atoms with Crippen molar-refractivity contribution in [3.63, 3.8) is 0 Å². The maximum Gasteiger partial charge on any atom is 0.224 e. The molecule has 21 heavy (non-hydrogen) atoms. The fourth-order valence-electron chi connectivity index (χ4n) is 1.96. The molecule has 6 heteroatoms. The molecule has 0 spiro atoms. The molecule has 2 rings (SSSR count). The fourth-order valence-corrected chi connectivity index (χ4v) is 2.28. The highest BCUT2D eigenvalue weighted by Gasteiger charge is 2.10. The highest BCUT2D eigenvalue weighted by molar-refractivity contribution is 6.42. The van der Waals surface area contributed by atoms with Gasteiger partial charge in [-0.3, -0.25) is 14.8 Å². The smallest absolute Gasteiger partial charge is 0.224 e. The zero-order valence-electron chi connectivity index (χ0n) is 11.5. The van der Waals surface area contributed by atoms with Crippen molar-refractivity contribution in [2.75, 3.05) is 0 Å². The van der Waals surface area contributed by atoms with Gasteiger partial charge in [0.1, 0.15) is 0 Å². The SMILES string of the molecule is C[C@@H](Cc1cnccn1)NC(=O)Cc1ccc(Cl)c(Cl)c1. The van der Waals surface area contributed by atoms with Crippen LogP contribution in [0, 0.1) is 0 Å². The van der Waals surface area contributed by atoms with Crippen LogP contribution >= 0.6 is 23.2 Å². The quantitative estimate of drug-likeness (QED) is 0.920. The Labute approximate surface area is 133 Å². The van der Waals surface area contributed by atoms with Crippen LogP contribution in [0.5, 0.6) is 0 Å². The van der Waals surface area contributed by atoms with Crippen LogP contribution < -0.4 is 5.32 Å². The van der Waals surface area contributed by atoms with Crippen molar-refractivity contribution in [2.45, 2.75) is 25.8 Å². The summed E-state index contributed by atoms with van der Waals surface area (Å²) in [7, 11) is 0. The Morgan fingerprint density at radius 1 is 1.29 bits per heavy atom. The molecular weight excluding hydrogens is 309 g/mol. The summed E-state index contributed by atoms with van der Waals surface area (Å²) < 4.78 is 0. The molecule has 110 valence electrons. The number of nitrogens with zero attached hydrogens (tertiary/aromatic N) is 2. The van der Waals surface area contributed by atoms with Gasteiger partial charge in [-0.25, -0.2) is 0 Å². The molecule has 0 bridgehead atoms. The van der Waals surface area contributed by atoms with Gasteiger partial charge < -0.3 is 5.32 Å². The first-order valence-electron chi connectivity index (χ1n) is 6.53. The number of carbonyl (C=O) groups excluding carboxylic acids is 1.